The topological polar surface area (TPSA) is 49.4 Å². The second-order valence-electron chi connectivity index (χ2n) is 4.49. The molecule has 1 fully saturated rings. The van der Waals surface area contributed by atoms with Crippen LogP contribution >= 0.6 is 0 Å². The van der Waals surface area contributed by atoms with E-state index in [1.165, 1.54) is 26.1 Å². The number of hydrogen-bond acceptors (Lipinski definition) is 2. The van der Waals surface area contributed by atoms with Gasteiger partial charge in [0.2, 0.25) is 0 Å². The van der Waals surface area contributed by atoms with Gasteiger partial charge in [0.25, 0.3) is 5.91 Å². The van der Waals surface area contributed by atoms with Gasteiger partial charge in [0.1, 0.15) is 5.54 Å². The van der Waals surface area contributed by atoms with Crippen LogP contribution in [0.25, 0.3) is 0 Å². The lowest BCUT2D eigenvalue weighted by molar-refractivity contribution is -0.137. The molecule has 1 saturated heterocycles. The second kappa shape index (κ2) is 3.97. The highest BCUT2D eigenvalue weighted by atomic mass is 19.4. The molecule has 1 aromatic rings. The van der Waals surface area contributed by atoms with Crippen molar-refractivity contribution in [2.45, 2.75) is 18.6 Å². The summed E-state index contributed by atoms with van der Waals surface area (Å²) in [5, 5.41) is 2.46. The standard InChI is InChI=1S/C12H11F3N2O2/c1-11(9(18)17(2)10(19)16-11)7-3-5-8(6-4-7)12(13,14)15/h3-6H,1-2H3,(H,16,19)/t11-/m1/s1. The van der Waals surface area contributed by atoms with Crippen LogP contribution in [0.3, 0.4) is 0 Å². The summed E-state index contributed by atoms with van der Waals surface area (Å²) in [6.45, 7) is 1.46. The first-order chi connectivity index (χ1) is 8.66. The molecule has 3 amide bonds. The van der Waals surface area contributed by atoms with Gasteiger partial charge in [-0.15, -0.1) is 0 Å². The fraction of sp³-hybridized carbons (Fsp3) is 0.333. The van der Waals surface area contributed by atoms with E-state index >= 15 is 0 Å². The number of carbonyl (C=O) groups is 2. The largest absolute Gasteiger partial charge is 0.416 e. The number of amides is 3. The van der Waals surface area contributed by atoms with Crippen LogP contribution < -0.4 is 5.32 Å². The van der Waals surface area contributed by atoms with Crippen LogP contribution in [-0.2, 0) is 16.5 Å². The van der Waals surface area contributed by atoms with E-state index in [0.29, 0.717) is 5.56 Å². The van der Waals surface area contributed by atoms with E-state index in [1.807, 2.05) is 0 Å². The Labute approximate surface area is 107 Å². The van der Waals surface area contributed by atoms with Crippen molar-refractivity contribution in [3.05, 3.63) is 35.4 Å². The van der Waals surface area contributed by atoms with Crippen molar-refractivity contribution in [3.63, 3.8) is 0 Å². The lowest BCUT2D eigenvalue weighted by Crippen LogP contribution is -2.40. The maximum absolute atomic E-state index is 12.4. The first kappa shape index (κ1) is 13.4. The highest BCUT2D eigenvalue weighted by Gasteiger charge is 2.47. The molecule has 0 aromatic heterocycles. The number of alkyl halides is 3. The fourth-order valence-electron chi connectivity index (χ4n) is 1.97. The van der Waals surface area contributed by atoms with Gasteiger partial charge in [0.05, 0.1) is 5.56 Å². The normalized spacial score (nSPS) is 23.7. The molecule has 0 saturated carbocycles. The van der Waals surface area contributed by atoms with Gasteiger partial charge in [-0.2, -0.15) is 13.2 Å². The van der Waals surface area contributed by atoms with Crippen LogP contribution in [-0.4, -0.2) is 23.9 Å². The van der Waals surface area contributed by atoms with E-state index < -0.39 is 29.2 Å². The number of nitrogens with one attached hydrogen (secondary N) is 1. The average molecular weight is 272 g/mol. The third-order valence-electron chi connectivity index (χ3n) is 3.18. The molecule has 1 N–H and O–H groups in total. The first-order valence-corrected chi connectivity index (χ1v) is 5.44. The SMILES string of the molecule is CN1C(=O)N[C@](C)(c2ccc(C(F)(F)F)cc2)C1=O. The number of halogens is 3. The molecule has 102 valence electrons. The van der Waals surface area contributed by atoms with Gasteiger partial charge < -0.3 is 5.32 Å². The molecular weight excluding hydrogens is 261 g/mol. The van der Waals surface area contributed by atoms with Crippen molar-refractivity contribution >= 4 is 11.9 Å². The van der Waals surface area contributed by atoms with Crippen LogP contribution in [0.2, 0.25) is 0 Å². The van der Waals surface area contributed by atoms with Crippen LogP contribution in [0.4, 0.5) is 18.0 Å². The highest BCUT2D eigenvalue weighted by Crippen LogP contribution is 2.32. The molecule has 1 aliphatic heterocycles. The summed E-state index contributed by atoms with van der Waals surface area (Å²) in [7, 11) is 1.31. The predicted octanol–water partition coefficient (Wildman–Crippen LogP) is 2.10. The summed E-state index contributed by atoms with van der Waals surface area (Å²) < 4.78 is 37.3. The Balaban J connectivity index is 2.38. The Morgan fingerprint density at radius 1 is 1.16 bits per heavy atom. The maximum Gasteiger partial charge on any atom is 0.416 e. The molecule has 0 unspecified atom stereocenters. The highest BCUT2D eigenvalue weighted by molar-refractivity contribution is 6.06. The minimum Gasteiger partial charge on any atom is -0.319 e. The van der Waals surface area contributed by atoms with Crippen molar-refractivity contribution in [2.24, 2.45) is 0 Å². The molecule has 0 aliphatic carbocycles. The average Bonchev–Trinajstić information content (AvgIpc) is 2.54. The smallest absolute Gasteiger partial charge is 0.319 e. The van der Waals surface area contributed by atoms with Crippen molar-refractivity contribution in [3.8, 4) is 0 Å². The summed E-state index contributed by atoms with van der Waals surface area (Å²) >= 11 is 0. The van der Waals surface area contributed by atoms with Gasteiger partial charge in [-0.3, -0.25) is 9.69 Å². The van der Waals surface area contributed by atoms with Gasteiger partial charge in [-0.25, -0.2) is 4.79 Å². The zero-order valence-corrected chi connectivity index (χ0v) is 10.2. The number of benzene rings is 1. The van der Waals surface area contributed by atoms with Gasteiger partial charge in [-0.1, -0.05) is 12.1 Å². The number of nitrogens with zero attached hydrogens (tertiary/aromatic N) is 1. The molecule has 1 heterocycles. The molecule has 2 rings (SSSR count). The van der Waals surface area contributed by atoms with Crippen molar-refractivity contribution in [1.82, 2.24) is 10.2 Å². The first-order valence-electron chi connectivity index (χ1n) is 5.44. The van der Waals surface area contributed by atoms with E-state index in [4.69, 9.17) is 0 Å². The monoisotopic (exact) mass is 272 g/mol. The molecule has 0 bridgehead atoms. The Morgan fingerprint density at radius 2 is 1.68 bits per heavy atom. The van der Waals surface area contributed by atoms with E-state index in [2.05, 4.69) is 5.32 Å². The number of imide groups is 1. The predicted molar refractivity (Wildman–Crippen MR) is 60.1 cm³/mol. The molecule has 1 aromatic carbocycles. The number of likely N-dealkylation sites (N-methyl/N-ethyl adjacent to an activating group) is 1. The second-order valence-corrected chi connectivity index (χ2v) is 4.49. The van der Waals surface area contributed by atoms with Crippen molar-refractivity contribution < 1.29 is 22.8 Å². The Hall–Kier alpha value is -2.05. The Morgan fingerprint density at radius 3 is 2.05 bits per heavy atom. The maximum atomic E-state index is 12.4. The molecule has 0 radical (unpaired) electrons. The van der Waals surface area contributed by atoms with Gasteiger partial charge >= 0.3 is 12.2 Å². The lowest BCUT2D eigenvalue weighted by Gasteiger charge is -2.22. The van der Waals surface area contributed by atoms with Crippen LogP contribution in [0.1, 0.15) is 18.1 Å². The molecule has 4 nitrogen and oxygen atoms in total. The Kier molecular flexibility index (Phi) is 2.80. The summed E-state index contributed by atoms with van der Waals surface area (Å²) in [6, 6.07) is 3.59. The van der Waals surface area contributed by atoms with Crippen LogP contribution in [0, 0.1) is 0 Å². The Bertz CT molecular complexity index is 539. The number of carbonyl (C=O) groups excluding carboxylic acids is 2. The van der Waals surface area contributed by atoms with E-state index in [0.717, 1.165) is 17.0 Å². The van der Waals surface area contributed by atoms with Crippen LogP contribution in [0.15, 0.2) is 24.3 Å². The van der Waals surface area contributed by atoms with Crippen LogP contribution in [0.5, 0.6) is 0 Å². The molecule has 1 aliphatic rings. The van der Waals surface area contributed by atoms with Gasteiger partial charge in [0, 0.05) is 7.05 Å². The molecule has 19 heavy (non-hydrogen) atoms. The quantitative estimate of drug-likeness (QED) is 0.796. The summed E-state index contributed by atoms with van der Waals surface area (Å²) in [5.41, 5.74) is -1.82. The molecule has 1 atom stereocenters. The van der Waals surface area contributed by atoms with E-state index in [1.54, 1.807) is 0 Å². The van der Waals surface area contributed by atoms with E-state index in [-0.39, 0.29) is 0 Å². The van der Waals surface area contributed by atoms with Gasteiger partial charge in [-0.05, 0) is 24.6 Å². The summed E-state index contributed by atoms with van der Waals surface area (Å²) in [5.74, 6) is -0.503. The zero-order valence-electron chi connectivity index (χ0n) is 10.2. The fourth-order valence-corrected chi connectivity index (χ4v) is 1.97. The summed E-state index contributed by atoms with van der Waals surface area (Å²) in [6.07, 6.45) is -4.43. The van der Waals surface area contributed by atoms with E-state index in [9.17, 15) is 22.8 Å². The third kappa shape index (κ3) is 2.05. The summed E-state index contributed by atoms with van der Waals surface area (Å²) in [4.78, 5) is 24.3. The minimum absolute atomic E-state index is 0.309. The minimum atomic E-state index is -4.43. The zero-order chi connectivity index (χ0) is 14.4. The third-order valence-corrected chi connectivity index (χ3v) is 3.18. The number of hydrogen-bond donors (Lipinski definition) is 1. The number of rotatable bonds is 1. The van der Waals surface area contributed by atoms with Crippen molar-refractivity contribution in [2.75, 3.05) is 7.05 Å². The molecule has 7 heteroatoms. The molecule has 0 spiro atoms. The van der Waals surface area contributed by atoms with Gasteiger partial charge in [0.15, 0.2) is 0 Å². The van der Waals surface area contributed by atoms with Crippen molar-refractivity contribution in [1.29, 1.82) is 0 Å². The molecular formula is C12H11F3N2O2. The number of urea groups is 1. The lowest BCUT2D eigenvalue weighted by atomic mass is 9.91.